The Bertz CT molecular complexity index is 1010. The number of rotatable bonds is 3. The van der Waals surface area contributed by atoms with Gasteiger partial charge in [-0.15, -0.1) is 5.10 Å². The molecule has 0 spiro atoms. The van der Waals surface area contributed by atoms with Gasteiger partial charge in [0.15, 0.2) is 0 Å². The van der Waals surface area contributed by atoms with Gasteiger partial charge in [-0.05, 0) is 24.5 Å². The number of thioether (sulfide) groups is 1. The molecule has 118 valence electrons. The van der Waals surface area contributed by atoms with Crippen LogP contribution in [0.4, 0.5) is 0 Å². The summed E-state index contributed by atoms with van der Waals surface area (Å²) in [5.74, 6) is 0.705. The van der Waals surface area contributed by atoms with Gasteiger partial charge in [0.05, 0.1) is 11.4 Å². The summed E-state index contributed by atoms with van der Waals surface area (Å²) in [6, 6.07) is 19.1. The molecule has 0 amide bonds. The average Bonchev–Trinajstić information content (AvgIpc) is 3.05. The minimum Gasteiger partial charge on any atom is -0.507 e. The summed E-state index contributed by atoms with van der Waals surface area (Å²) >= 11 is 1.47. The number of aromatic hydroxyl groups is 1. The molecule has 1 N–H and O–H groups in total. The van der Waals surface area contributed by atoms with Crippen LogP contribution in [0, 0.1) is 0 Å². The van der Waals surface area contributed by atoms with Crippen molar-refractivity contribution in [1.29, 1.82) is 0 Å². The minimum absolute atomic E-state index is 0.193. The summed E-state index contributed by atoms with van der Waals surface area (Å²) in [5, 5.41) is 15.3. The molecule has 0 aliphatic rings. The second-order valence-electron chi connectivity index (χ2n) is 5.22. The Kier molecular flexibility index (Phi) is 3.66. The molecule has 0 unspecified atom stereocenters. The standard InChI is InChI=1S/C18H14N4OS/c1-24-18-20-17-19-14(13-9-5-6-10-16(13)23)11-15(22(17)21-18)12-7-3-2-4-8-12/h2-11,23H,1H3. The van der Waals surface area contributed by atoms with Gasteiger partial charge in [-0.3, -0.25) is 0 Å². The lowest BCUT2D eigenvalue weighted by Crippen LogP contribution is -1.98. The molecule has 0 saturated carbocycles. The van der Waals surface area contributed by atoms with E-state index in [1.165, 1.54) is 11.8 Å². The van der Waals surface area contributed by atoms with Crippen LogP contribution in [-0.2, 0) is 0 Å². The number of hydrogen-bond donors (Lipinski definition) is 1. The van der Waals surface area contributed by atoms with E-state index >= 15 is 0 Å². The maximum atomic E-state index is 10.2. The largest absolute Gasteiger partial charge is 0.507 e. The first kappa shape index (κ1) is 14.7. The zero-order valence-electron chi connectivity index (χ0n) is 12.9. The first-order chi connectivity index (χ1) is 11.8. The SMILES string of the molecule is CSc1nc2nc(-c3ccccc3O)cc(-c3ccccc3)n2n1. The Morgan fingerprint density at radius 3 is 2.46 bits per heavy atom. The normalized spacial score (nSPS) is 11.0. The van der Waals surface area contributed by atoms with Gasteiger partial charge < -0.3 is 5.11 Å². The highest BCUT2D eigenvalue weighted by Crippen LogP contribution is 2.31. The Balaban J connectivity index is 2.02. The zero-order chi connectivity index (χ0) is 16.5. The molecule has 5 nitrogen and oxygen atoms in total. The summed E-state index contributed by atoms with van der Waals surface area (Å²) < 4.78 is 1.74. The highest BCUT2D eigenvalue weighted by atomic mass is 32.2. The molecular weight excluding hydrogens is 320 g/mol. The predicted molar refractivity (Wildman–Crippen MR) is 95.1 cm³/mol. The number of fused-ring (bicyclic) bond motifs is 1. The maximum Gasteiger partial charge on any atom is 0.254 e. The third-order valence-corrected chi connectivity index (χ3v) is 4.26. The first-order valence-corrected chi connectivity index (χ1v) is 8.64. The van der Waals surface area contributed by atoms with Crippen molar-refractivity contribution in [2.75, 3.05) is 6.26 Å². The molecule has 2 aromatic heterocycles. The monoisotopic (exact) mass is 334 g/mol. The van der Waals surface area contributed by atoms with Crippen LogP contribution >= 0.6 is 11.8 Å². The fourth-order valence-corrected chi connectivity index (χ4v) is 2.92. The molecule has 0 radical (unpaired) electrons. The third kappa shape index (κ3) is 2.51. The molecule has 2 aromatic carbocycles. The number of phenolic OH excluding ortho intramolecular Hbond substituents is 1. The summed E-state index contributed by atoms with van der Waals surface area (Å²) in [4.78, 5) is 9.03. The van der Waals surface area contributed by atoms with Crippen molar-refractivity contribution in [2.45, 2.75) is 5.16 Å². The van der Waals surface area contributed by atoms with Gasteiger partial charge in [-0.2, -0.15) is 9.50 Å². The van der Waals surface area contributed by atoms with E-state index in [1.807, 2.05) is 54.8 Å². The van der Waals surface area contributed by atoms with Gasteiger partial charge in [0, 0.05) is 11.1 Å². The highest BCUT2D eigenvalue weighted by molar-refractivity contribution is 7.98. The van der Waals surface area contributed by atoms with Crippen LogP contribution in [0.25, 0.3) is 28.3 Å². The lowest BCUT2D eigenvalue weighted by atomic mass is 10.1. The van der Waals surface area contributed by atoms with E-state index in [1.54, 1.807) is 16.6 Å². The van der Waals surface area contributed by atoms with Gasteiger partial charge in [-0.1, -0.05) is 54.2 Å². The molecule has 4 rings (SSSR count). The van der Waals surface area contributed by atoms with Crippen molar-refractivity contribution in [3.8, 4) is 28.3 Å². The van der Waals surface area contributed by atoms with E-state index in [-0.39, 0.29) is 5.75 Å². The number of nitrogens with zero attached hydrogens (tertiary/aromatic N) is 4. The molecule has 0 saturated heterocycles. The maximum absolute atomic E-state index is 10.2. The van der Waals surface area contributed by atoms with Crippen LogP contribution < -0.4 is 0 Å². The molecule has 0 fully saturated rings. The predicted octanol–water partition coefficient (Wildman–Crippen LogP) is 3.89. The summed E-state index contributed by atoms with van der Waals surface area (Å²) in [6.45, 7) is 0. The summed E-state index contributed by atoms with van der Waals surface area (Å²) in [5.41, 5.74) is 3.23. The van der Waals surface area contributed by atoms with E-state index in [4.69, 9.17) is 0 Å². The molecule has 0 atom stereocenters. The molecule has 0 aliphatic heterocycles. The molecule has 6 heteroatoms. The number of hydrogen-bond acceptors (Lipinski definition) is 5. The molecule has 4 aromatic rings. The fraction of sp³-hybridized carbons (Fsp3) is 0.0556. The van der Waals surface area contributed by atoms with Crippen molar-refractivity contribution in [3.63, 3.8) is 0 Å². The topological polar surface area (TPSA) is 63.3 Å². The smallest absolute Gasteiger partial charge is 0.254 e. The van der Waals surface area contributed by atoms with Gasteiger partial charge in [-0.25, -0.2) is 4.98 Å². The third-order valence-electron chi connectivity index (χ3n) is 3.72. The summed E-state index contributed by atoms with van der Waals surface area (Å²) in [6.07, 6.45) is 1.93. The van der Waals surface area contributed by atoms with E-state index in [0.717, 1.165) is 11.3 Å². The van der Waals surface area contributed by atoms with Gasteiger partial charge in [0.2, 0.25) is 5.16 Å². The van der Waals surface area contributed by atoms with Crippen molar-refractivity contribution in [3.05, 3.63) is 60.7 Å². The Labute approximate surface area is 143 Å². The Morgan fingerprint density at radius 2 is 1.71 bits per heavy atom. The molecule has 0 bridgehead atoms. The van der Waals surface area contributed by atoms with Crippen molar-refractivity contribution in [2.24, 2.45) is 0 Å². The van der Waals surface area contributed by atoms with Crippen LogP contribution in [0.5, 0.6) is 5.75 Å². The summed E-state index contributed by atoms with van der Waals surface area (Å²) in [7, 11) is 0. The van der Waals surface area contributed by atoms with Gasteiger partial charge >= 0.3 is 0 Å². The average molecular weight is 334 g/mol. The van der Waals surface area contributed by atoms with Crippen LogP contribution in [0.2, 0.25) is 0 Å². The van der Waals surface area contributed by atoms with Crippen LogP contribution in [0.15, 0.2) is 65.8 Å². The molecule has 24 heavy (non-hydrogen) atoms. The van der Waals surface area contributed by atoms with E-state index in [2.05, 4.69) is 15.1 Å². The molecule has 0 aliphatic carbocycles. The number of para-hydroxylation sites is 1. The molecular formula is C18H14N4OS. The van der Waals surface area contributed by atoms with Gasteiger partial charge in [0.25, 0.3) is 5.78 Å². The zero-order valence-corrected chi connectivity index (χ0v) is 13.7. The number of benzene rings is 2. The van der Waals surface area contributed by atoms with E-state index in [0.29, 0.717) is 22.2 Å². The quantitative estimate of drug-likeness (QED) is 0.576. The van der Waals surface area contributed by atoms with Crippen molar-refractivity contribution < 1.29 is 5.11 Å². The van der Waals surface area contributed by atoms with Crippen LogP contribution in [0.1, 0.15) is 0 Å². The second kappa shape index (κ2) is 5.98. The Hall–Kier alpha value is -2.86. The second-order valence-corrected chi connectivity index (χ2v) is 5.99. The van der Waals surface area contributed by atoms with Crippen LogP contribution in [0.3, 0.4) is 0 Å². The number of aromatic nitrogens is 4. The van der Waals surface area contributed by atoms with E-state index < -0.39 is 0 Å². The van der Waals surface area contributed by atoms with E-state index in [9.17, 15) is 5.11 Å². The lowest BCUT2D eigenvalue weighted by molar-refractivity contribution is 0.477. The van der Waals surface area contributed by atoms with Crippen LogP contribution in [-0.4, -0.2) is 30.9 Å². The minimum atomic E-state index is 0.193. The highest BCUT2D eigenvalue weighted by Gasteiger charge is 2.14. The van der Waals surface area contributed by atoms with Crippen molar-refractivity contribution >= 4 is 17.5 Å². The van der Waals surface area contributed by atoms with Gasteiger partial charge in [0.1, 0.15) is 5.75 Å². The molecule has 2 heterocycles. The lowest BCUT2D eigenvalue weighted by Gasteiger charge is -2.08. The number of phenols is 1. The fourth-order valence-electron chi connectivity index (χ4n) is 2.58. The van der Waals surface area contributed by atoms with Crippen molar-refractivity contribution in [1.82, 2.24) is 19.6 Å². The Morgan fingerprint density at radius 1 is 0.958 bits per heavy atom. The first-order valence-electron chi connectivity index (χ1n) is 7.42.